The summed E-state index contributed by atoms with van der Waals surface area (Å²) in [5, 5.41) is 9.35. The minimum atomic E-state index is -0.303. The Balaban J connectivity index is 1.68. The first-order valence-corrected chi connectivity index (χ1v) is 8.95. The van der Waals surface area contributed by atoms with Crippen LogP contribution in [0.2, 0.25) is 0 Å². The highest BCUT2D eigenvalue weighted by molar-refractivity contribution is 7.21. The smallest absolute Gasteiger partial charge is 0.319 e. The number of aryl methyl sites for hydroxylation is 1. The predicted octanol–water partition coefficient (Wildman–Crippen LogP) is 4.77. The summed E-state index contributed by atoms with van der Waals surface area (Å²) in [5.74, 6) is -0.131. The average molecular weight is 365 g/mol. The van der Waals surface area contributed by atoms with Crippen LogP contribution in [-0.4, -0.2) is 18.5 Å². The van der Waals surface area contributed by atoms with Crippen LogP contribution >= 0.6 is 11.3 Å². The van der Waals surface area contributed by atoms with Gasteiger partial charge < -0.3 is 16.0 Å². The van der Waals surface area contributed by atoms with Gasteiger partial charge in [-0.05, 0) is 48.2 Å². The zero-order valence-corrected chi connectivity index (χ0v) is 15.2. The molecule has 3 aromatic rings. The second kappa shape index (κ2) is 7.84. The monoisotopic (exact) mass is 365 g/mol. The first-order chi connectivity index (χ1) is 12.6. The number of carbonyl (C=O) groups is 2. The molecule has 5 nitrogen and oxygen atoms in total. The average Bonchev–Trinajstić information content (AvgIpc) is 2.99. The standard InChI is InChI=1S/C20H19N3O2S/c1-3-12-21-20(25)23-15-10-8-14(9-11-15)22-19(24)18-13(2)16-6-4-5-7-17(16)26-18/h3-11H,1,12H2,2H3,(H,22,24)(H2,21,23,25). The quantitative estimate of drug-likeness (QED) is 0.570. The summed E-state index contributed by atoms with van der Waals surface area (Å²) < 4.78 is 1.10. The number of urea groups is 1. The summed E-state index contributed by atoms with van der Waals surface area (Å²) in [5.41, 5.74) is 2.30. The Morgan fingerprint density at radius 3 is 2.35 bits per heavy atom. The van der Waals surface area contributed by atoms with Crippen LogP contribution in [-0.2, 0) is 0 Å². The summed E-state index contributed by atoms with van der Waals surface area (Å²) in [4.78, 5) is 24.9. The van der Waals surface area contributed by atoms with E-state index in [0.29, 0.717) is 22.8 Å². The van der Waals surface area contributed by atoms with Crippen LogP contribution in [0.25, 0.3) is 10.1 Å². The van der Waals surface area contributed by atoms with Gasteiger partial charge in [-0.2, -0.15) is 0 Å². The normalized spacial score (nSPS) is 10.3. The molecule has 0 saturated carbocycles. The molecule has 1 aromatic heterocycles. The lowest BCUT2D eigenvalue weighted by Crippen LogP contribution is -2.28. The highest BCUT2D eigenvalue weighted by Crippen LogP contribution is 2.31. The maximum atomic E-state index is 12.6. The summed E-state index contributed by atoms with van der Waals surface area (Å²) in [7, 11) is 0. The summed E-state index contributed by atoms with van der Waals surface area (Å²) >= 11 is 1.49. The van der Waals surface area contributed by atoms with E-state index in [1.165, 1.54) is 11.3 Å². The number of hydrogen-bond donors (Lipinski definition) is 3. The van der Waals surface area contributed by atoms with Crippen molar-refractivity contribution in [2.45, 2.75) is 6.92 Å². The second-order valence-electron chi connectivity index (χ2n) is 5.71. The van der Waals surface area contributed by atoms with E-state index in [9.17, 15) is 9.59 Å². The van der Waals surface area contributed by atoms with Crippen molar-refractivity contribution in [1.82, 2.24) is 5.32 Å². The number of thiophene rings is 1. The minimum Gasteiger partial charge on any atom is -0.334 e. The molecule has 2 aromatic carbocycles. The van der Waals surface area contributed by atoms with Crippen LogP contribution < -0.4 is 16.0 Å². The number of carbonyl (C=O) groups excluding carboxylic acids is 2. The van der Waals surface area contributed by atoms with Gasteiger partial charge in [0.1, 0.15) is 0 Å². The molecule has 0 fully saturated rings. The molecule has 3 N–H and O–H groups in total. The highest BCUT2D eigenvalue weighted by Gasteiger charge is 2.15. The molecular formula is C20H19N3O2S. The van der Waals surface area contributed by atoms with E-state index in [2.05, 4.69) is 22.5 Å². The Morgan fingerprint density at radius 1 is 1.04 bits per heavy atom. The van der Waals surface area contributed by atoms with Gasteiger partial charge in [0.25, 0.3) is 5.91 Å². The third-order valence-corrected chi connectivity index (χ3v) is 5.13. The molecule has 0 aliphatic carbocycles. The van der Waals surface area contributed by atoms with Gasteiger partial charge in [0.15, 0.2) is 0 Å². The number of nitrogens with one attached hydrogen (secondary N) is 3. The zero-order valence-electron chi connectivity index (χ0n) is 14.3. The number of amides is 3. The molecular weight excluding hydrogens is 346 g/mol. The van der Waals surface area contributed by atoms with Crippen molar-refractivity contribution < 1.29 is 9.59 Å². The van der Waals surface area contributed by atoms with Gasteiger partial charge in [0.2, 0.25) is 0 Å². The molecule has 1 heterocycles. The maximum Gasteiger partial charge on any atom is 0.319 e. The van der Waals surface area contributed by atoms with E-state index < -0.39 is 0 Å². The van der Waals surface area contributed by atoms with Gasteiger partial charge in [-0.1, -0.05) is 24.3 Å². The van der Waals surface area contributed by atoms with Crippen LogP contribution in [0.5, 0.6) is 0 Å². The Labute approximate surface area is 155 Å². The molecule has 0 spiro atoms. The molecule has 3 amide bonds. The van der Waals surface area contributed by atoms with E-state index in [1.54, 1.807) is 30.3 Å². The van der Waals surface area contributed by atoms with Gasteiger partial charge in [-0.25, -0.2) is 4.79 Å². The lowest BCUT2D eigenvalue weighted by Gasteiger charge is -2.08. The van der Waals surface area contributed by atoms with Crippen LogP contribution in [0, 0.1) is 6.92 Å². The molecule has 0 radical (unpaired) electrons. The van der Waals surface area contributed by atoms with Gasteiger partial charge in [0.05, 0.1) is 4.88 Å². The SMILES string of the molecule is C=CCNC(=O)Nc1ccc(NC(=O)c2sc3ccccc3c2C)cc1. The molecule has 0 atom stereocenters. The fourth-order valence-corrected chi connectivity index (χ4v) is 3.66. The Hall–Kier alpha value is -3.12. The van der Waals surface area contributed by atoms with E-state index in [1.807, 2.05) is 31.2 Å². The van der Waals surface area contributed by atoms with E-state index in [4.69, 9.17) is 0 Å². The van der Waals surface area contributed by atoms with Crippen LogP contribution in [0.3, 0.4) is 0 Å². The van der Waals surface area contributed by atoms with Gasteiger partial charge in [-0.3, -0.25) is 4.79 Å². The minimum absolute atomic E-state index is 0.131. The van der Waals surface area contributed by atoms with Crippen molar-refractivity contribution in [1.29, 1.82) is 0 Å². The van der Waals surface area contributed by atoms with Crippen LogP contribution in [0.15, 0.2) is 61.2 Å². The Morgan fingerprint density at radius 2 is 1.69 bits per heavy atom. The lowest BCUT2D eigenvalue weighted by atomic mass is 10.1. The fourth-order valence-electron chi connectivity index (χ4n) is 2.56. The van der Waals surface area contributed by atoms with Crippen molar-refractivity contribution in [2.75, 3.05) is 17.2 Å². The van der Waals surface area contributed by atoms with E-state index in [0.717, 1.165) is 15.6 Å². The van der Waals surface area contributed by atoms with Crippen LogP contribution in [0.1, 0.15) is 15.2 Å². The molecule has 0 saturated heterocycles. The van der Waals surface area contributed by atoms with Crippen molar-refractivity contribution >= 4 is 44.7 Å². The molecule has 6 heteroatoms. The number of rotatable bonds is 5. The van der Waals surface area contributed by atoms with E-state index >= 15 is 0 Å². The third-order valence-electron chi connectivity index (χ3n) is 3.86. The first-order valence-electron chi connectivity index (χ1n) is 8.14. The topological polar surface area (TPSA) is 70.2 Å². The van der Waals surface area contributed by atoms with Crippen molar-refractivity contribution in [3.63, 3.8) is 0 Å². The lowest BCUT2D eigenvalue weighted by molar-refractivity contribution is 0.103. The van der Waals surface area contributed by atoms with Gasteiger partial charge in [-0.15, -0.1) is 17.9 Å². The largest absolute Gasteiger partial charge is 0.334 e. The second-order valence-corrected chi connectivity index (χ2v) is 6.76. The van der Waals surface area contributed by atoms with Crippen LogP contribution in [0.4, 0.5) is 16.2 Å². The molecule has 0 aliphatic rings. The Bertz CT molecular complexity index is 961. The summed E-state index contributed by atoms with van der Waals surface area (Å²) in [6, 6.07) is 14.7. The highest BCUT2D eigenvalue weighted by atomic mass is 32.1. The number of benzene rings is 2. The number of hydrogen-bond acceptors (Lipinski definition) is 3. The summed E-state index contributed by atoms with van der Waals surface area (Å²) in [6.45, 7) is 5.90. The van der Waals surface area contributed by atoms with Crippen molar-refractivity contribution in [2.24, 2.45) is 0 Å². The predicted molar refractivity (Wildman–Crippen MR) is 108 cm³/mol. The first kappa shape index (κ1) is 17.7. The number of fused-ring (bicyclic) bond motifs is 1. The molecule has 0 aliphatic heterocycles. The van der Waals surface area contributed by atoms with Gasteiger partial charge >= 0.3 is 6.03 Å². The fraction of sp³-hybridized carbons (Fsp3) is 0.100. The van der Waals surface area contributed by atoms with Crippen molar-refractivity contribution in [3.8, 4) is 0 Å². The third kappa shape index (κ3) is 3.92. The Kier molecular flexibility index (Phi) is 5.34. The molecule has 0 unspecified atom stereocenters. The molecule has 3 rings (SSSR count). The maximum absolute atomic E-state index is 12.6. The summed E-state index contributed by atoms with van der Waals surface area (Å²) in [6.07, 6.45) is 1.61. The molecule has 26 heavy (non-hydrogen) atoms. The van der Waals surface area contributed by atoms with Gasteiger partial charge in [0, 0.05) is 22.6 Å². The van der Waals surface area contributed by atoms with Crippen molar-refractivity contribution in [3.05, 3.63) is 71.6 Å². The number of anilines is 2. The molecule has 132 valence electrons. The zero-order chi connectivity index (χ0) is 18.5. The molecule has 0 bridgehead atoms. The van der Waals surface area contributed by atoms with E-state index in [-0.39, 0.29) is 11.9 Å².